The largest absolute Gasteiger partial charge is 0.284 e. The molecule has 0 saturated heterocycles. The minimum absolute atomic E-state index is 0.110. The molecule has 1 aromatic carbocycles. The van der Waals surface area contributed by atoms with Crippen LogP contribution in [0.3, 0.4) is 0 Å². The van der Waals surface area contributed by atoms with E-state index in [0.29, 0.717) is 5.92 Å². The first-order valence-electron chi connectivity index (χ1n) is 8.06. The first-order valence-corrected chi connectivity index (χ1v) is 8.06. The Bertz CT molecular complexity index is 966. The van der Waals surface area contributed by atoms with Crippen molar-refractivity contribution in [2.45, 2.75) is 24.9 Å². The van der Waals surface area contributed by atoms with Crippen molar-refractivity contribution in [2.75, 3.05) is 10.1 Å². The molecule has 24 heavy (non-hydrogen) atoms. The summed E-state index contributed by atoms with van der Waals surface area (Å²) >= 11 is 0. The maximum absolute atomic E-state index is 4.73. The van der Waals surface area contributed by atoms with Gasteiger partial charge in [0.15, 0.2) is 12.0 Å². The second-order valence-corrected chi connectivity index (χ2v) is 6.31. The van der Waals surface area contributed by atoms with E-state index in [9.17, 15) is 0 Å². The normalized spacial score (nSPS) is 20.9. The second-order valence-electron chi connectivity index (χ2n) is 6.31. The number of hydrogen-bond donors (Lipinski definition) is 0. The molecule has 1 atom stereocenters. The fourth-order valence-corrected chi connectivity index (χ4v) is 3.55. The number of fused-ring (bicyclic) bond motifs is 6. The summed E-state index contributed by atoms with van der Waals surface area (Å²) in [7, 11) is 0. The third kappa shape index (κ3) is 1.47. The van der Waals surface area contributed by atoms with E-state index >= 15 is 0 Å². The van der Waals surface area contributed by atoms with Crippen molar-refractivity contribution >= 4 is 12.2 Å². The zero-order chi connectivity index (χ0) is 15.7. The van der Waals surface area contributed by atoms with Gasteiger partial charge in [-0.15, -0.1) is 9.89 Å². The molecule has 1 unspecified atom stereocenters. The van der Waals surface area contributed by atoms with Crippen molar-refractivity contribution in [3.63, 3.8) is 0 Å². The average Bonchev–Trinajstić information content (AvgIpc) is 3.05. The molecule has 1 aliphatic carbocycles. The fraction of sp³-hybridized carbons (Fsp3) is 0.250. The summed E-state index contributed by atoms with van der Waals surface area (Å²) in [5.41, 5.74) is 3.40. The molecule has 0 N–H and O–H groups in total. The lowest BCUT2D eigenvalue weighted by Gasteiger charge is -2.37. The van der Waals surface area contributed by atoms with Crippen LogP contribution in [0.15, 0.2) is 48.0 Å². The molecule has 8 nitrogen and oxygen atoms in total. The van der Waals surface area contributed by atoms with Gasteiger partial charge in [0.25, 0.3) is 0 Å². The predicted octanol–water partition coefficient (Wildman–Crippen LogP) is 1.75. The van der Waals surface area contributed by atoms with Crippen LogP contribution in [0.2, 0.25) is 0 Å². The minimum atomic E-state index is -0.110. The van der Waals surface area contributed by atoms with Gasteiger partial charge in [-0.3, -0.25) is 4.57 Å². The van der Waals surface area contributed by atoms with Gasteiger partial charge >= 0.3 is 0 Å². The molecule has 0 amide bonds. The maximum atomic E-state index is 4.73. The van der Waals surface area contributed by atoms with E-state index in [1.165, 1.54) is 12.8 Å². The highest BCUT2D eigenvalue weighted by atomic mass is 15.9. The average molecular weight is 318 g/mol. The van der Waals surface area contributed by atoms with Gasteiger partial charge in [0.05, 0.1) is 23.8 Å². The quantitative estimate of drug-likeness (QED) is 0.720. The van der Waals surface area contributed by atoms with Crippen LogP contribution in [-0.4, -0.2) is 31.0 Å². The number of benzene rings is 1. The van der Waals surface area contributed by atoms with Crippen LogP contribution in [0, 0.1) is 0 Å². The molecule has 2 aliphatic heterocycles. The molecule has 8 heteroatoms. The van der Waals surface area contributed by atoms with Crippen LogP contribution in [-0.2, 0) is 0 Å². The SMILES string of the molecule is C1=NC2c3ccccc3-n3cncc3N2N1n1nncc1C1CC1. The Morgan fingerprint density at radius 3 is 2.92 bits per heavy atom. The molecule has 0 bridgehead atoms. The van der Waals surface area contributed by atoms with Crippen molar-refractivity contribution in [3.05, 3.63) is 54.2 Å². The summed E-state index contributed by atoms with van der Waals surface area (Å²) in [6, 6.07) is 8.29. The Kier molecular flexibility index (Phi) is 2.16. The molecule has 1 fully saturated rings. The van der Waals surface area contributed by atoms with Gasteiger partial charge in [-0.25, -0.2) is 15.0 Å². The summed E-state index contributed by atoms with van der Waals surface area (Å²) in [4.78, 5) is 10.9. The van der Waals surface area contributed by atoms with Gasteiger partial charge in [-0.1, -0.05) is 18.2 Å². The lowest BCUT2D eigenvalue weighted by molar-refractivity contribution is 0.527. The molecule has 0 spiro atoms. The summed E-state index contributed by atoms with van der Waals surface area (Å²) < 4.78 is 2.08. The zero-order valence-corrected chi connectivity index (χ0v) is 12.8. The Morgan fingerprint density at radius 2 is 2.00 bits per heavy atom. The number of para-hydroxylation sites is 1. The van der Waals surface area contributed by atoms with Crippen LogP contribution >= 0.6 is 0 Å². The number of hydrogen-bond acceptors (Lipinski definition) is 6. The number of rotatable bonds is 2. The monoisotopic (exact) mass is 318 g/mol. The summed E-state index contributed by atoms with van der Waals surface area (Å²) in [6.45, 7) is 0. The third-order valence-electron chi connectivity index (χ3n) is 4.84. The van der Waals surface area contributed by atoms with Crippen LogP contribution in [0.5, 0.6) is 0 Å². The van der Waals surface area contributed by atoms with E-state index in [2.05, 4.69) is 37.0 Å². The van der Waals surface area contributed by atoms with Gasteiger partial charge in [-0.2, -0.15) is 5.12 Å². The molecule has 3 aromatic rings. The maximum Gasteiger partial charge on any atom is 0.173 e. The van der Waals surface area contributed by atoms with Gasteiger partial charge in [0, 0.05) is 11.5 Å². The first kappa shape index (κ1) is 12.3. The third-order valence-corrected chi connectivity index (χ3v) is 4.84. The molecule has 2 aromatic heterocycles. The molecule has 0 radical (unpaired) electrons. The van der Waals surface area contributed by atoms with E-state index in [4.69, 9.17) is 4.99 Å². The fourth-order valence-electron chi connectivity index (χ4n) is 3.55. The van der Waals surface area contributed by atoms with Crippen molar-refractivity contribution in [1.82, 2.24) is 24.7 Å². The second kappa shape index (κ2) is 4.22. The van der Waals surface area contributed by atoms with Crippen LogP contribution in [0.1, 0.15) is 36.2 Å². The van der Waals surface area contributed by atoms with E-state index < -0.39 is 0 Å². The summed E-state index contributed by atoms with van der Waals surface area (Å²) in [5.74, 6) is 1.52. The van der Waals surface area contributed by atoms with Crippen molar-refractivity contribution in [2.24, 2.45) is 4.99 Å². The van der Waals surface area contributed by atoms with Crippen LogP contribution in [0.4, 0.5) is 5.82 Å². The lowest BCUT2D eigenvalue weighted by Crippen LogP contribution is -2.49. The Morgan fingerprint density at radius 1 is 1.08 bits per heavy atom. The number of aliphatic imine (C=N–C) groups is 1. The highest BCUT2D eigenvalue weighted by Crippen LogP contribution is 2.43. The number of anilines is 1. The Hall–Kier alpha value is -3.16. The van der Waals surface area contributed by atoms with Crippen molar-refractivity contribution < 1.29 is 0 Å². The summed E-state index contributed by atoms with van der Waals surface area (Å²) in [6.07, 6.45) is 9.66. The minimum Gasteiger partial charge on any atom is -0.284 e. The highest BCUT2D eigenvalue weighted by Gasteiger charge is 2.40. The Balaban J connectivity index is 1.53. The van der Waals surface area contributed by atoms with E-state index in [1.807, 2.05) is 47.1 Å². The topological polar surface area (TPSA) is 67.4 Å². The lowest BCUT2D eigenvalue weighted by atomic mass is 10.1. The predicted molar refractivity (Wildman–Crippen MR) is 87.5 cm³/mol. The van der Waals surface area contributed by atoms with Gasteiger partial charge in [-0.05, 0) is 24.1 Å². The zero-order valence-electron chi connectivity index (χ0n) is 12.8. The van der Waals surface area contributed by atoms with Gasteiger partial charge < -0.3 is 0 Å². The van der Waals surface area contributed by atoms with E-state index in [-0.39, 0.29) is 6.17 Å². The number of imidazole rings is 1. The van der Waals surface area contributed by atoms with Crippen LogP contribution < -0.4 is 10.1 Å². The highest BCUT2D eigenvalue weighted by molar-refractivity contribution is 5.78. The molecule has 118 valence electrons. The number of hydrazine groups is 1. The molecular weight excluding hydrogens is 304 g/mol. The van der Waals surface area contributed by atoms with E-state index in [0.717, 1.165) is 22.8 Å². The van der Waals surface area contributed by atoms with Crippen molar-refractivity contribution in [1.29, 1.82) is 0 Å². The van der Waals surface area contributed by atoms with Crippen LogP contribution in [0.25, 0.3) is 5.69 Å². The first-order chi connectivity index (χ1) is 11.9. The Labute approximate surface area is 137 Å². The number of nitrogens with zero attached hydrogens (tertiary/aromatic N) is 8. The molecular formula is C16H14N8. The number of aromatic nitrogens is 5. The molecule has 1 saturated carbocycles. The van der Waals surface area contributed by atoms with Gasteiger partial charge in [0.2, 0.25) is 0 Å². The smallest absolute Gasteiger partial charge is 0.173 e. The molecule has 3 aliphatic rings. The molecule has 6 rings (SSSR count). The van der Waals surface area contributed by atoms with E-state index in [1.54, 1.807) is 0 Å². The van der Waals surface area contributed by atoms with Gasteiger partial charge in [0.1, 0.15) is 12.7 Å². The molecule has 4 heterocycles. The summed E-state index contributed by atoms with van der Waals surface area (Å²) in [5, 5.41) is 12.5. The van der Waals surface area contributed by atoms with Crippen molar-refractivity contribution in [3.8, 4) is 5.69 Å². The standard InChI is InChI=1S/C16H14N8/c1-2-4-13-12(3-1)16-18-10-22(23(16)15-8-17-9-21(13)15)24-14(7-19-20-24)11-5-6-11/h1-4,7-11,16H,5-6H2.